The van der Waals surface area contributed by atoms with Gasteiger partial charge in [0.2, 0.25) is 0 Å². The maximum absolute atomic E-state index is 12.7. The number of hydrogen-bond acceptors (Lipinski definition) is 6. The van der Waals surface area contributed by atoms with E-state index < -0.39 is 42.0 Å². The van der Waals surface area contributed by atoms with E-state index in [1.165, 1.54) is 12.1 Å². The fourth-order valence-corrected chi connectivity index (χ4v) is 3.63. The van der Waals surface area contributed by atoms with Crippen molar-refractivity contribution in [2.24, 2.45) is 11.7 Å². The van der Waals surface area contributed by atoms with Gasteiger partial charge >= 0.3 is 18.0 Å². The van der Waals surface area contributed by atoms with Gasteiger partial charge in [-0.15, -0.1) is 0 Å². The van der Waals surface area contributed by atoms with Crippen LogP contribution >= 0.6 is 0 Å². The molecule has 5 N–H and O–H groups in total. The minimum absolute atomic E-state index is 0.195. The molecular weight excluding hydrogens is 406 g/mol. The van der Waals surface area contributed by atoms with Crippen LogP contribution in [0.1, 0.15) is 48.5 Å². The molecule has 6 amide bonds. The first kappa shape index (κ1) is 22.1. The summed E-state index contributed by atoms with van der Waals surface area (Å²) < 4.78 is 4.95. The van der Waals surface area contributed by atoms with Gasteiger partial charge in [-0.05, 0) is 49.3 Å². The second-order valence-electron chi connectivity index (χ2n) is 7.86. The van der Waals surface area contributed by atoms with Crippen molar-refractivity contribution in [2.75, 3.05) is 6.61 Å². The summed E-state index contributed by atoms with van der Waals surface area (Å²) in [6, 6.07) is 4.80. The average molecular weight is 431 g/mol. The summed E-state index contributed by atoms with van der Waals surface area (Å²) in [4.78, 5) is 59.9. The van der Waals surface area contributed by atoms with Crippen LogP contribution in [0.4, 0.5) is 9.59 Å². The van der Waals surface area contributed by atoms with Crippen LogP contribution in [0.2, 0.25) is 0 Å². The van der Waals surface area contributed by atoms with Crippen LogP contribution in [0, 0.1) is 5.92 Å². The number of hydrazine groups is 1. The molecule has 11 nitrogen and oxygen atoms in total. The molecule has 1 heterocycles. The predicted molar refractivity (Wildman–Crippen MR) is 107 cm³/mol. The van der Waals surface area contributed by atoms with Crippen molar-refractivity contribution in [1.29, 1.82) is 0 Å². The van der Waals surface area contributed by atoms with E-state index in [-0.39, 0.29) is 12.1 Å². The Bertz CT molecular complexity index is 892. The average Bonchev–Trinajstić information content (AvgIpc) is 2.97. The number of nitrogens with zero attached hydrogens (tertiary/aromatic N) is 1. The number of urea groups is 2. The highest BCUT2D eigenvalue weighted by molar-refractivity contribution is 6.08. The number of imide groups is 1. The zero-order valence-electron chi connectivity index (χ0n) is 17.1. The Morgan fingerprint density at radius 3 is 2.45 bits per heavy atom. The lowest BCUT2D eigenvalue weighted by atomic mass is 9.77. The molecule has 11 heteroatoms. The topological polar surface area (TPSA) is 160 Å². The molecule has 1 spiro atoms. The molecule has 0 unspecified atom stereocenters. The lowest BCUT2D eigenvalue weighted by Crippen LogP contribution is -2.52. The van der Waals surface area contributed by atoms with E-state index in [9.17, 15) is 24.0 Å². The number of esters is 1. The second-order valence-corrected chi connectivity index (χ2v) is 7.86. The zero-order chi connectivity index (χ0) is 22.6. The van der Waals surface area contributed by atoms with Crippen LogP contribution in [0.15, 0.2) is 24.3 Å². The number of benzene rings is 1. The Kier molecular flexibility index (Phi) is 6.42. The molecule has 166 valence electrons. The normalized spacial score (nSPS) is 22.7. The Morgan fingerprint density at radius 1 is 1.19 bits per heavy atom. The first-order chi connectivity index (χ1) is 14.7. The standard InChI is InChI=1S/C20H25N5O6/c1-12-6-8-20(9-7-12)17(28)25(19(30)23-20)24-15(26)11-31-16(27)14-4-2-13(3-5-14)10-22-18(21)29/h2-5,12H,6-11H2,1H3,(H,23,30)(H,24,26)(H3,21,22,29). The molecule has 2 fully saturated rings. The molecule has 1 saturated carbocycles. The van der Waals surface area contributed by atoms with Gasteiger partial charge in [0, 0.05) is 6.54 Å². The Labute approximate surface area is 178 Å². The quantitative estimate of drug-likeness (QED) is 0.380. The maximum atomic E-state index is 12.7. The molecule has 1 aromatic rings. The third kappa shape index (κ3) is 5.11. The molecule has 0 bridgehead atoms. The highest BCUT2D eigenvalue weighted by Crippen LogP contribution is 2.35. The molecule has 2 aliphatic rings. The van der Waals surface area contributed by atoms with Gasteiger partial charge in [-0.2, -0.15) is 5.01 Å². The smallest absolute Gasteiger partial charge is 0.344 e. The lowest BCUT2D eigenvalue weighted by Gasteiger charge is -2.33. The third-order valence-electron chi connectivity index (χ3n) is 5.52. The van der Waals surface area contributed by atoms with Gasteiger partial charge in [0.05, 0.1) is 5.56 Å². The molecule has 0 atom stereocenters. The minimum Gasteiger partial charge on any atom is -0.452 e. The summed E-state index contributed by atoms with van der Waals surface area (Å²) in [5, 5.41) is 5.77. The Balaban J connectivity index is 1.49. The number of carbonyl (C=O) groups excluding carboxylic acids is 5. The largest absolute Gasteiger partial charge is 0.452 e. The number of primary amides is 1. The molecule has 1 saturated heterocycles. The fraction of sp³-hybridized carbons (Fsp3) is 0.450. The molecule has 31 heavy (non-hydrogen) atoms. The van der Waals surface area contributed by atoms with E-state index in [0.717, 1.165) is 18.4 Å². The number of nitrogens with two attached hydrogens (primary N) is 1. The molecule has 1 aromatic carbocycles. The summed E-state index contributed by atoms with van der Waals surface area (Å²) in [7, 11) is 0. The van der Waals surface area contributed by atoms with Gasteiger partial charge in [-0.3, -0.25) is 15.0 Å². The van der Waals surface area contributed by atoms with Crippen molar-refractivity contribution in [2.45, 2.75) is 44.7 Å². The van der Waals surface area contributed by atoms with Gasteiger partial charge < -0.3 is 21.1 Å². The maximum Gasteiger partial charge on any atom is 0.344 e. The predicted octanol–water partition coefficient (Wildman–Crippen LogP) is 0.544. The first-order valence-corrected chi connectivity index (χ1v) is 9.96. The monoisotopic (exact) mass is 431 g/mol. The molecule has 3 rings (SSSR count). The number of nitrogens with one attached hydrogen (secondary N) is 3. The Hall–Kier alpha value is -3.63. The van der Waals surface area contributed by atoms with Crippen molar-refractivity contribution in [1.82, 2.24) is 21.1 Å². The summed E-state index contributed by atoms with van der Waals surface area (Å²) in [5.41, 5.74) is 7.15. The number of hydrogen-bond donors (Lipinski definition) is 4. The zero-order valence-corrected chi connectivity index (χ0v) is 17.1. The number of amides is 6. The van der Waals surface area contributed by atoms with Crippen LogP contribution in [-0.4, -0.2) is 47.0 Å². The fourth-order valence-electron chi connectivity index (χ4n) is 3.63. The van der Waals surface area contributed by atoms with E-state index in [0.29, 0.717) is 23.8 Å². The lowest BCUT2D eigenvalue weighted by molar-refractivity contribution is -0.141. The highest BCUT2D eigenvalue weighted by atomic mass is 16.5. The van der Waals surface area contributed by atoms with Gasteiger partial charge in [0.1, 0.15) is 5.54 Å². The van der Waals surface area contributed by atoms with E-state index >= 15 is 0 Å². The molecule has 1 aliphatic carbocycles. The number of rotatable bonds is 6. The molecule has 1 aliphatic heterocycles. The van der Waals surface area contributed by atoms with Crippen LogP contribution < -0.4 is 21.8 Å². The first-order valence-electron chi connectivity index (χ1n) is 9.96. The van der Waals surface area contributed by atoms with Crippen LogP contribution in [0.25, 0.3) is 0 Å². The highest BCUT2D eigenvalue weighted by Gasteiger charge is 2.52. The van der Waals surface area contributed by atoms with E-state index in [1.807, 2.05) is 0 Å². The van der Waals surface area contributed by atoms with E-state index in [1.54, 1.807) is 12.1 Å². The van der Waals surface area contributed by atoms with Crippen molar-refractivity contribution >= 4 is 29.8 Å². The van der Waals surface area contributed by atoms with Crippen molar-refractivity contribution < 1.29 is 28.7 Å². The summed E-state index contributed by atoms with van der Waals surface area (Å²) in [5.74, 6) is -1.57. The van der Waals surface area contributed by atoms with Crippen LogP contribution in [0.3, 0.4) is 0 Å². The van der Waals surface area contributed by atoms with E-state index in [4.69, 9.17) is 10.5 Å². The SMILES string of the molecule is CC1CCC2(CC1)NC(=O)N(NC(=O)COC(=O)c1ccc(CNC(N)=O)cc1)C2=O. The van der Waals surface area contributed by atoms with Crippen LogP contribution in [0.5, 0.6) is 0 Å². The third-order valence-corrected chi connectivity index (χ3v) is 5.52. The van der Waals surface area contributed by atoms with Gasteiger partial charge in [-0.25, -0.2) is 14.4 Å². The second kappa shape index (κ2) is 9.02. The van der Waals surface area contributed by atoms with Crippen molar-refractivity contribution in [3.05, 3.63) is 35.4 Å². The number of ether oxygens (including phenoxy) is 1. The summed E-state index contributed by atoms with van der Waals surface area (Å²) in [6.07, 6.45) is 2.65. The minimum atomic E-state index is -0.974. The summed E-state index contributed by atoms with van der Waals surface area (Å²) in [6.45, 7) is 1.64. The van der Waals surface area contributed by atoms with Crippen molar-refractivity contribution in [3.63, 3.8) is 0 Å². The van der Waals surface area contributed by atoms with E-state index in [2.05, 4.69) is 23.0 Å². The number of carbonyl (C=O) groups is 5. The molecule has 0 aromatic heterocycles. The van der Waals surface area contributed by atoms with Crippen molar-refractivity contribution in [3.8, 4) is 0 Å². The molecular formula is C20H25N5O6. The Morgan fingerprint density at radius 2 is 1.84 bits per heavy atom. The van der Waals surface area contributed by atoms with Gasteiger partial charge in [0.15, 0.2) is 6.61 Å². The van der Waals surface area contributed by atoms with Gasteiger partial charge in [-0.1, -0.05) is 19.1 Å². The molecule has 0 radical (unpaired) electrons. The van der Waals surface area contributed by atoms with Gasteiger partial charge in [0.25, 0.3) is 11.8 Å². The van der Waals surface area contributed by atoms with Crippen LogP contribution in [-0.2, 0) is 20.9 Å². The summed E-state index contributed by atoms with van der Waals surface area (Å²) >= 11 is 0.